The Morgan fingerprint density at radius 2 is 1.11 bits per heavy atom. The highest BCUT2D eigenvalue weighted by Crippen LogP contribution is 2.17. The van der Waals surface area contributed by atoms with E-state index in [1.54, 1.807) is 12.1 Å². The fourth-order valence-electron chi connectivity index (χ4n) is 4.35. The Morgan fingerprint density at radius 1 is 0.657 bits per heavy atom. The van der Waals surface area contributed by atoms with Gasteiger partial charge < -0.3 is 5.32 Å². The molecule has 2 radical (unpaired) electrons. The van der Waals surface area contributed by atoms with Crippen LogP contribution in [0.1, 0.15) is 114 Å². The molecule has 0 saturated heterocycles. The van der Waals surface area contributed by atoms with Gasteiger partial charge in [-0.25, -0.2) is 0 Å². The number of nitrogens with zero attached hydrogens (tertiary/aromatic N) is 1. The third-order valence-corrected chi connectivity index (χ3v) is 6.61. The molecule has 0 spiro atoms. The van der Waals surface area contributed by atoms with Gasteiger partial charge in [-0.05, 0) is 43.9 Å². The summed E-state index contributed by atoms with van der Waals surface area (Å²) in [5.74, 6) is 0. The lowest BCUT2D eigenvalue weighted by atomic mass is 10.0. The molecule has 0 heterocycles. The van der Waals surface area contributed by atoms with E-state index in [2.05, 4.69) is 49.5 Å². The third kappa shape index (κ3) is 14.6. The average Bonchev–Trinajstić information content (AvgIpc) is 2.86. The zero-order valence-electron chi connectivity index (χ0n) is 21.9. The molecule has 1 N–H and O–H groups in total. The number of anilines is 1. The molecule has 0 aliphatic heterocycles. The maximum absolute atomic E-state index is 10.7. The van der Waals surface area contributed by atoms with Crippen LogP contribution in [0.5, 0.6) is 0 Å². The van der Waals surface area contributed by atoms with E-state index >= 15 is 0 Å². The Balaban J connectivity index is 1.25. The van der Waals surface area contributed by atoms with Crippen LogP contribution in [-0.4, -0.2) is 4.92 Å². The monoisotopic (exact) mass is 478 g/mol. The van der Waals surface area contributed by atoms with Crippen molar-refractivity contribution in [3.8, 4) is 0 Å². The molecule has 192 valence electrons. The molecular weight excluding hydrogens is 432 g/mol. The summed E-state index contributed by atoms with van der Waals surface area (Å²) >= 11 is 0. The van der Waals surface area contributed by atoms with Gasteiger partial charge in [-0.2, -0.15) is 0 Å². The number of nitro groups is 1. The first kappa shape index (κ1) is 28.9. The van der Waals surface area contributed by atoms with Gasteiger partial charge in [0.2, 0.25) is 0 Å². The first-order valence-corrected chi connectivity index (χ1v) is 13.9. The zero-order valence-corrected chi connectivity index (χ0v) is 21.9. The molecule has 0 aliphatic rings. The molecule has 0 amide bonds. The summed E-state index contributed by atoms with van der Waals surface area (Å²) in [5, 5.41) is 14.1. The number of rotatable bonds is 21. The van der Waals surface area contributed by atoms with Crippen molar-refractivity contribution in [2.24, 2.45) is 0 Å². The van der Waals surface area contributed by atoms with Crippen LogP contribution in [0, 0.1) is 30.0 Å². The SMILES string of the molecule is Cc1ccc(N[CH]CCCCCCCCCCCCCCCC[CH]c2ccc([N+](=O)[O-])cc2)cc1. The Labute approximate surface area is 214 Å². The molecule has 2 aromatic rings. The van der Waals surface area contributed by atoms with Crippen LogP contribution in [0.3, 0.4) is 0 Å². The minimum absolute atomic E-state index is 0.162. The highest BCUT2D eigenvalue weighted by molar-refractivity contribution is 5.45. The van der Waals surface area contributed by atoms with Gasteiger partial charge >= 0.3 is 0 Å². The lowest BCUT2D eigenvalue weighted by Crippen LogP contribution is -1.94. The first-order chi connectivity index (χ1) is 17.1. The summed E-state index contributed by atoms with van der Waals surface area (Å²) in [6, 6.07) is 15.4. The van der Waals surface area contributed by atoms with Crippen LogP contribution >= 0.6 is 0 Å². The molecule has 0 aromatic heterocycles. The van der Waals surface area contributed by atoms with Gasteiger partial charge in [0.15, 0.2) is 0 Å². The number of nitro benzene ring substituents is 1. The van der Waals surface area contributed by atoms with E-state index in [9.17, 15) is 10.1 Å². The predicted octanol–water partition coefficient (Wildman–Crippen LogP) is 9.97. The minimum Gasteiger partial charge on any atom is -0.380 e. The fraction of sp³-hybridized carbons (Fsp3) is 0.548. The summed E-state index contributed by atoms with van der Waals surface area (Å²) in [6.45, 7) is 4.32. The maximum atomic E-state index is 10.7. The van der Waals surface area contributed by atoms with E-state index in [1.807, 2.05) is 12.1 Å². The smallest absolute Gasteiger partial charge is 0.269 e. The second-order valence-corrected chi connectivity index (χ2v) is 9.79. The van der Waals surface area contributed by atoms with Crippen molar-refractivity contribution in [3.63, 3.8) is 0 Å². The number of nitrogens with one attached hydrogen (secondary N) is 1. The van der Waals surface area contributed by atoms with Crippen molar-refractivity contribution in [3.05, 3.63) is 82.7 Å². The summed E-state index contributed by atoms with van der Waals surface area (Å²) in [5.41, 5.74) is 3.73. The molecule has 0 bridgehead atoms. The van der Waals surface area contributed by atoms with E-state index in [-0.39, 0.29) is 10.6 Å². The van der Waals surface area contributed by atoms with Crippen LogP contribution in [-0.2, 0) is 0 Å². The Kier molecular flexibility index (Phi) is 15.6. The normalized spacial score (nSPS) is 11.0. The van der Waals surface area contributed by atoms with E-state index < -0.39 is 0 Å². The van der Waals surface area contributed by atoms with Gasteiger partial charge in [0.25, 0.3) is 5.69 Å². The molecule has 0 saturated carbocycles. The van der Waals surface area contributed by atoms with Gasteiger partial charge in [0, 0.05) is 24.4 Å². The maximum Gasteiger partial charge on any atom is 0.269 e. The number of non-ortho nitro benzene ring substituents is 1. The summed E-state index contributed by atoms with van der Waals surface area (Å²) in [4.78, 5) is 10.3. The van der Waals surface area contributed by atoms with Gasteiger partial charge in [-0.1, -0.05) is 120 Å². The summed E-state index contributed by atoms with van der Waals surface area (Å²) < 4.78 is 0. The van der Waals surface area contributed by atoms with Crippen molar-refractivity contribution < 1.29 is 4.92 Å². The zero-order chi connectivity index (χ0) is 25.0. The van der Waals surface area contributed by atoms with Crippen LogP contribution in [0.2, 0.25) is 0 Å². The first-order valence-electron chi connectivity index (χ1n) is 13.9. The topological polar surface area (TPSA) is 55.2 Å². The van der Waals surface area contributed by atoms with Crippen molar-refractivity contribution in [1.29, 1.82) is 0 Å². The summed E-state index contributed by atoms with van der Waals surface area (Å²) in [7, 11) is 0. The lowest BCUT2D eigenvalue weighted by Gasteiger charge is -2.06. The highest BCUT2D eigenvalue weighted by atomic mass is 16.6. The molecule has 0 unspecified atom stereocenters. The molecule has 4 heteroatoms. The Hall–Kier alpha value is -2.36. The largest absolute Gasteiger partial charge is 0.380 e. The van der Waals surface area contributed by atoms with Gasteiger partial charge in [0.05, 0.1) is 4.92 Å². The lowest BCUT2D eigenvalue weighted by molar-refractivity contribution is -0.384. The van der Waals surface area contributed by atoms with E-state index in [4.69, 9.17) is 0 Å². The van der Waals surface area contributed by atoms with Crippen molar-refractivity contribution in [2.75, 3.05) is 5.32 Å². The number of hydrogen-bond acceptors (Lipinski definition) is 3. The van der Waals surface area contributed by atoms with E-state index in [1.165, 1.54) is 101 Å². The number of benzene rings is 2. The minimum atomic E-state index is -0.349. The Morgan fingerprint density at radius 3 is 1.60 bits per heavy atom. The average molecular weight is 479 g/mol. The van der Waals surface area contributed by atoms with Crippen LogP contribution in [0.4, 0.5) is 11.4 Å². The Bertz CT molecular complexity index is 787. The van der Waals surface area contributed by atoms with E-state index in [0.717, 1.165) is 18.4 Å². The molecule has 0 atom stereocenters. The van der Waals surface area contributed by atoms with Crippen LogP contribution < -0.4 is 5.32 Å². The quantitative estimate of drug-likeness (QED) is 0.110. The highest BCUT2D eigenvalue weighted by Gasteiger charge is 2.03. The second-order valence-electron chi connectivity index (χ2n) is 9.79. The molecule has 0 aliphatic carbocycles. The van der Waals surface area contributed by atoms with Crippen molar-refractivity contribution in [2.45, 2.75) is 110 Å². The molecule has 2 rings (SSSR count). The standard InChI is InChI=1S/C31H46N2O2/c1-28-19-23-30(24-20-28)32-27-17-15-13-11-9-7-5-3-2-4-6-8-10-12-14-16-18-29-21-25-31(26-22-29)33(34)35/h18-27,32H,2-17H2,1H3. The number of aryl methyl sites for hydroxylation is 1. The van der Waals surface area contributed by atoms with Crippen molar-refractivity contribution in [1.82, 2.24) is 0 Å². The molecule has 0 fully saturated rings. The molecule has 4 nitrogen and oxygen atoms in total. The molecule has 2 aromatic carbocycles. The van der Waals surface area contributed by atoms with E-state index in [0.29, 0.717) is 0 Å². The second kappa shape index (κ2) is 18.9. The van der Waals surface area contributed by atoms with Gasteiger partial charge in [0.1, 0.15) is 0 Å². The number of hydrogen-bond donors (Lipinski definition) is 1. The van der Waals surface area contributed by atoms with Crippen LogP contribution in [0.15, 0.2) is 48.5 Å². The van der Waals surface area contributed by atoms with Crippen molar-refractivity contribution >= 4 is 11.4 Å². The molecular formula is C31H46N2O2. The molecule has 35 heavy (non-hydrogen) atoms. The van der Waals surface area contributed by atoms with Gasteiger partial charge in [-0.15, -0.1) is 0 Å². The van der Waals surface area contributed by atoms with Crippen LogP contribution in [0.25, 0.3) is 0 Å². The fourth-order valence-corrected chi connectivity index (χ4v) is 4.35. The predicted molar refractivity (Wildman–Crippen MR) is 149 cm³/mol. The van der Waals surface area contributed by atoms with Gasteiger partial charge in [-0.3, -0.25) is 10.1 Å². The number of unbranched alkanes of at least 4 members (excludes halogenated alkanes) is 15. The third-order valence-electron chi connectivity index (χ3n) is 6.61. The summed E-state index contributed by atoms with van der Waals surface area (Å²) in [6.07, 6.45) is 23.3.